The van der Waals surface area contributed by atoms with Crippen molar-refractivity contribution in [2.75, 3.05) is 5.75 Å². The quantitative estimate of drug-likeness (QED) is 0.662. The highest BCUT2D eigenvalue weighted by atomic mass is 32.2. The Kier molecular flexibility index (Phi) is 4.08. The Balaban J connectivity index is 1.89. The minimum Gasteiger partial charge on any atom is -0.126 e. The highest BCUT2D eigenvalue weighted by molar-refractivity contribution is 7.99. The van der Waals surface area contributed by atoms with Gasteiger partial charge in [-0.2, -0.15) is 0 Å². The van der Waals surface area contributed by atoms with Crippen LogP contribution < -0.4 is 0 Å². The molecule has 3 rings (SSSR count). The van der Waals surface area contributed by atoms with Crippen LogP contribution in [-0.2, 0) is 11.8 Å². The third-order valence-electron chi connectivity index (χ3n) is 4.06. The predicted molar refractivity (Wildman–Crippen MR) is 91.8 cm³/mol. The lowest BCUT2D eigenvalue weighted by molar-refractivity contribution is 0.490. The first kappa shape index (κ1) is 14.3. The van der Waals surface area contributed by atoms with Crippen LogP contribution in [0.25, 0.3) is 0 Å². The van der Waals surface area contributed by atoms with Crippen LogP contribution in [0.5, 0.6) is 0 Å². The fourth-order valence-corrected chi connectivity index (χ4v) is 4.48. The summed E-state index contributed by atoms with van der Waals surface area (Å²) in [6.45, 7) is 4.72. The summed E-state index contributed by atoms with van der Waals surface area (Å²) in [5.74, 6) is 7.84. The minimum absolute atomic E-state index is 0.269. The molecule has 1 aliphatic rings. The average Bonchev–Trinajstić information content (AvgIpc) is 2.48. The highest BCUT2D eigenvalue weighted by Crippen LogP contribution is 2.43. The van der Waals surface area contributed by atoms with E-state index in [0.29, 0.717) is 0 Å². The van der Waals surface area contributed by atoms with E-state index in [1.54, 1.807) is 0 Å². The van der Waals surface area contributed by atoms with E-state index in [2.05, 4.69) is 56.0 Å². The van der Waals surface area contributed by atoms with Crippen molar-refractivity contribution in [2.45, 2.75) is 37.0 Å². The molecule has 0 spiro atoms. The Morgan fingerprint density at radius 2 is 1.86 bits per heavy atom. The zero-order valence-corrected chi connectivity index (χ0v) is 13.5. The molecular formula is C20H20S. The van der Waals surface area contributed by atoms with E-state index in [0.717, 1.165) is 12.0 Å². The standard InChI is InChI=1S/C20H20S/c1-20(2)14-15-21-18-13-7-12-17(19(18)20)11-6-10-16-8-4-3-5-9-16/h3-5,7-9,12-13H,11,14-15H2,1-2H3. The predicted octanol–water partition coefficient (Wildman–Crippen LogP) is 5.05. The maximum Gasteiger partial charge on any atom is 0.0347 e. The van der Waals surface area contributed by atoms with Crippen molar-refractivity contribution in [2.24, 2.45) is 0 Å². The second-order valence-corrected chi connectivity index (χ2v) is 7.25. The summed E-state index contributed by atoms with van der Waals surface area (Å²) in [4.78, 5) is 1.45. The number of hydrogen-bond acceptors (Lipinski definition) is 1. The van der Waals surface area contributed by atoms with E-state index in [1.807, 2.05) is 30.0 Å². The smallest absolute Gasteiger partial charge is 0.0347 e. The molecule has 1 aliphatic heterocycles. The number of thioether (sulfide) groups is 1. The van der Waals surface area contributed by atoms with Gasteiger partial charge in [-0.15, -0.1) is 11.8 Å². The molecule has 0 atom stereocenters. The van der Waals surface area contributed by atoms with E-state index >= 15 is 0 Å². The lowest BCUT2D eigenvalue weighted by Crippen LogP contribution is -2.24. The molecule has 21 heavy (non-hydrogen) atoms. The molecule has 0 nitrogen and oxygen atoms in total. The van der Waals surface area contributed by atoms with E-state index < -0.39 is 0 Å². The number of benzene rings is 2. The van der Waals surface area contributed by atoms with Crippen LogP contribution in [0.3, 0.4) is 0 Å². The number of fused-ring (bicyclic) bond motifs is 1. The molecule has 0 fully saturated rings. The lowest BCUT2D eigenvalue weighted by atomic mass is 9.78. The zero-order chi connectivity index (χ0) is 14.7. The monoisotopic (exact) mass is 292 g/mol. The molecule has 1 heterocycles. The van der Waals surface area contributed by atoms with Crippen LogP contribution in [0.4, 0.5) is 0 Å². The molecule has 2 aromatic rings. The van der Waals surface area contributed by atoms with Crippen molar-refractivity contribution in [3.8, 4) is 11.8 Å². The molecule has 2 aromatic carbocycles. The van der Waals surface area contributed by atoms with Gasteiger partial charge in [0.15, 0.2) is 0 Å². The summed E-state index contributed by atoms with van der Waals surface area (Å²) in [5.41, 5.74) is 4.28. The highest BCUT2D eigenvalue weighted by Gasteiger charge is 2.29. The third kappa shape index (κ3) is 3.17. The third-order valence-corrected chi connectivity index (χ3v) is 5.12. The molecule has 106 valence electrons. The van der Waals surface area contributed by atoms with Gasteiger partial charge >= 0.3 is 0 Å². The lowest BCUT2D eigenvalue weighted by Gasteiger charge is -2.33. The van der Waals surface area contributed by atoms with Crippen LogP contribution >= 0.6 is 11.8 Å². The van der Waals surface area contributed by atoms with E-state index in [4.69, 9.17) is 0 Å². The first-order valence-electron chi connectivity index (χ1n) is 7.46. The zero-order valence-electron chi connectivity index (χ0n) is 12.6. The second-order valence-electron chi connectivity index (χ2n) is 6.12. The normalized spacial score (nSPS) is 15.7. The SMILES string of the molecule is CC1(C)CCSc2cccc(CC#Cc3ccccc3)c21. The first-order chi connectivity index (χ1) is 10.2. The molecule has 0 aliphatic carbocycles. The van der Waals surface area contributed by atoms with Crippen molar-refractivity contribution >= 4 is 11.8 Å². The van der Waals surface area contributed by atoms with Gasteiger partial charge in [0.2, 0.25) is 0 Å². The summed E-state index contributed by atoms with van der Waals surface area (Å²) in [7, 11) is 0. The van der Waals surface area contributed by atoms with Gasteiger partial charge in [-0.25, -0.2) is 0 Å². The second kappa shape index (κ2) is 6.00. The largest absolute Gasteiger partial charge is 0.126 e. The molecular weight excluding hydrogens is 272 g/mol. The summed E-state index contributed by atoms with van der Waals surface area (Å²) >= 11 is 1.99. The molecule has 0 unspecified atom stereocenters. The maximum atomic E-state index is 3.35. The van der Waals surface area contributed by atoms with Crippen LogP contribution in [0, 0.1) is 11.8 Å². The fraction of sp³-hybridized carbons (Fsp3) is 0.300. The number of rotatable bonds is 1. The van der Waals surface area contributed by atoms with Gasteiger partial charge in [-0.3, -0.25) is 0 Å². The molecule has 0 aromatic heterocycles. The summed E-state index contributed by atoms with van der Waals surface area (Å²) < 4.78 is 0. The van der Waals surface area contributed by atoms with Gasteiger partial charge in [0, 0.05) is 16.9 Å². The van der Waals surface area contributed by atoms with Gasteiger partial charge < -0.3 is 0 Å². The van der Waals surface area contributed by atoms with Crippen molar-refractivity contribution in [3.63, 3.8) is 0 Å². The maximum absolute atomic E-state index is 3.35. The average molecular weight is 292 g/mol. The summed E-state index contributed by atoms with van der Waals surface area (Å²) in [6.07, 6.45) is 2.08. The molecule has 0 bridgehead atoms. The fourth-order valence-electron chi connectivity index (χ4n) is 2.92. The Bertz CT molecular complexity index is 687. The minimum atomic E-state index is 0.269. The molecule has 0 N–H and O–H groups in total. The van der Waals surface area contributed by atoms with E-state index in [1.165, 1.54) is 28.2 Å². The van der Waals surface area contributed by atoms with Gasteiger partial charge in [-0.05, 0) is 46.9 Å². The van der Waals surface area contributed by atoms with Gasteiger partial charge in [0.05, 0.1) is 0 Å². The van der Waals surface area contributed by atoms with Gasteiger partial charge in [0.25, 0.3) is 0 Å². The Hall–Kier alpha value is -1.65. The molecule has 0 radical (unpaired) electrons. The van der Waals surface area contributed by atoms with Crippen LogP contribution in [0.15, 0.2) is 53.4 Å². The summed E-state index contributed by atoms with van der Waals surface area (Å²) in [5, 5.41) is 0. The van der Waals surface area contributed by atoms with Crippen molar-refractivity contribution in [1.29, 1.82) is 0 Å². The van der Waals surface area contributed by atoms with E-state index in [9.17, 15) is 0 Å². The summed E-state index contributed by atoms with van der Waals surface area (Å²) in [6, 6.07) is 16.9. The van der Waals surface area contributed by atoms with Crippen LogP contribution in [0.1, 0.15) is 37.0 Å². The van der Waals surface area contributed by atoms with Crippen molar-refractivity contribution in [3.05, 3.63) is 65.2 Å². The van der Waals surface area contributed by atoms with Crippen molar-refractivity contribution < 1.29 is 0 Å². The Labute approximate surface area is 132 Å². The molecule has 1 heteroatoms. The Morgan fingerprint density at radius 1 is 1.05 bits per heavy atom. The topological polar surface area (TPSA) is 0 Å². The molecule has 0 saturated heterocycles. The molecule has 0 saturated carbocycles. The van der Waals surface area contributed by atoms with Gasteiger partial charge in [0.1, 0.15) is 0 Å². The van der Waals surface area contributed by atoms with Crippen LogP contribution in [0.2, 0.25) is 0 Å². The van der Waals surface area contributed by atoms with Crippen LogP contribution in [-0.4, -0.2) is 5.75 Å². The first-order valence-corrected chi connectivity index (χ1v) is 8.44. The number of hydrogen-bond donors (Lipinski definition) is 0. The molecule has 0 amide bonds. The van der Waals surface area contributed by atoms with Gasteiger partial charge in [-0.1, -0.05) is 56.0 Å². The Morgan fingerprint density at radius 3 is 2.67 bits per heavy atom. The van der Waals surface area contributed by atoms with E-state index in [-0.39, 0.29) is 5.41 Å². The van der Waals surface area contributed by atoms with Crippen molar-refractivity contribution in [1.82, 2.24) is 0 Å².